The number of rotatable bonds is 5. The number of benzene rings is 1. The predicted molar refractivity (Wildman–Crippen MR) is 77.1 cm³/mol. The first kappa shape index (κ1) is 15.6. The standard InChI is InChI=1S/C15H15N3O4/c1-2-21-15(20)18-17-13(19)8-9-14-16-10-12(22-14)11-6-4-3-5-7-11/h3-7,10H,2,8-9H2,1H3. The molecule has 1 aromatic carbocycles. The number of aromatic nitrogens is 1. The smallest absolute Gasteiger partial charge is 0.447 e. The van der Waals surface area contributed by atoms with Gasteiger partial charge in [-0.3, -0.25) is 4.79 Å². The molecule has 2 rings (SSSR count). The molecule has 0 aliphatic rings. The Labute approximate surface area is 127 Å². The molecule has 0 saturated carbocycles. The SMILES string of the molecule is CCOC(=O)N=NC(=O)CCc1ncc(-c2ccccc2)o1. The van der Waals surface area contributed by atoms with Crippen LogP contribution in [0.4, 0.5) is 4.79 Å². The van der Waals surface area contributed by atoms with Crippen LogP contribution in [0.3, 0.4) is 0 Å². The number of azo groups is 1. The van der Waals surface area contributed by atoms with Gasteiger partial charge in [0.05, 0.1) is 12.8 Å². The molecule has 0 unspecified atom stereocenters. The van der Waals surface area contributed by atoms with Crippen molar-refractivity contribution < 1.29 is 18.7 Å². The zero-order valence-electron chi connectivity index (χ0n) is 12.1. The number of hydrogen-bond acceptors (Lipinski definition) is 5. The van der Waals surface area contributed by atoms with Crippen LogP contribution in [0.5, 0.6) is 0 Å². The van der Waals surface area contributed by atoms with Gasteiger partial charge in [-0.25, -0.2) is 9.78 Å². The summed E-state index contributed by atoms with van der Waals surface area (Å²) in [4.78, 5) is 26.5. The predicted octanol–water partition coefficient (Wildman–Crippen LogP) is 3.41. The molecule has 0 aliphatic heterocycles. The maximum absolute atomic E-state index is 11.5. The van der Waals surface area contributed by atoms with Crippen LogP contribution in [0, 0.1) is 0 Å². The third-order valence-electron chi connectivity index (χ3n) is 2.68. The highest BCUT2D eigenvalue weighted by molar-refractivity contribution is 5.78. The van der Waals surface area contributed by atoms with Gasteiger partial charge in [0.1, 0.15) is 0 Å². The van der Waals surface area contributed by atoms with Crippen molar-refractivity contribution in [2.45, 2.75) is 19.8 Å². The quantitative estimate of drug-likeness (QED) is 0.789. The van der Waals surface area contributed by atoms with E-state index in [-0.39, 0.29) is 19.4 Å². The number of carbonyl (C=O) groups excluding carboxylic acids is 2. The minimum absolute atomic E-state index is 0.0532. The van der Waals surface area contributed by atoms with Gasteiger partial charge in [0, 0.05) is 18.4 Å². The van der Waals surface area contributed by atoms with E-state index in [2.05, 4.69) is 19.9 Å². The Kier molecular flexibility index (Phi) is 5.53. The first-order chi connectivity index (χ1) is 10.7. The second-order valence-corrected chi connectivity index (χ2v) is 4.28. The summed E-state index contributed by atoms with van der Waals surface area (Å²) in [6, 6.07) is 9.52. The van der Waals surface area contributed by atoms with Gasteiger partial charge in [0.25, 0.3) is 5.91 Å². The van der Waals surface area contributed by atoms with Crippen molar-refractivity contribution >= 4 is 12.0 Å². The Morgan fingerprint density at radius 2 is 2.00 bits per heavy atom. The Bertz CT molecular complexity index is 664. The summed E-state index contributed by atoms with van der Waals surface area (Å²) >= 11 is 0. The molecule has 0 atom stereocenters. The molecule has 0 bridgehead atoms. The highest BCUT2D eigenvalue weighted by atomic mass is 16.5. The lowest BCUT2D eigenvalue weighted by Gasteiger charge is -1.95. The zero-order chi connectivity index (χ0) is 15.8. The summed E-state index contributed by atoms with van der Waals surface area (Å²) < 4.78 is 10.1. The molecule has 2 amide bonds. The molecule has 1 aromatic heterocycles. The summed E-state index contributed by atoms with van der Waals surface area (Å²) in [6.07, 6.45) is 1.07. The minimum Gasteiger partial charge on any atom is -0.447 e. The van der Waals surface area contributed by atoms with Crippen molar-refractivity contribution in [1.29, 1.82) is 0 Å². The summed E-state index contributed by atoms with van der Waals surface area (Å²) in [7, 11) is 0. The van der Waals surface area contributed by atoms with Crippen molar-refractivity contribution in [1.82, 2.24) is 4.98 Å². The van der Waals surface area contributed by atoms with Crippen LogP contribution in [0.25, 0.3) is 11.3 Å². The number of oxazole rings is 1. The van der Waals surface area contributed by atoms with Gasteiger partial charge in [-0.2, -0.15) is 0 Å². The van der Waals surface area contributed by atoms with E-state index in [0.29, 0.717) is 11.7 Å². The fourth-order valence-electron chi connectivity index (χ4n) is 1.67. The third-order valence-corrected chi connectivity index (χ3v) is 2.68. The van der Waals surface area contributed by atoms with Crippen LogP contribution in [0.1, 0.15) is 19.2 Å². The monoisotopic (exact) mass is 301 g/mol. The average molecular weight is 301 g/mol. The topological polar surface area (TPSA) is 94.1 Å². The second-order valence-electron chi connectivity index (χ2n) is 4.28. The van der Waals surface area contributed by atoms with Crippen LogP contribution >= 0.6 is 0 Å². The fraction of sp³-hybridized carbons (Fsp3) is 0.267. The molecular weight excluding hydrogens is 286 g/mol. The van der Waals surface area contributed by atoms with Crippen molar-refractivity contribution in [2.75, 3.05) is 6.61 Å². The number of nitrogens with zero attached hydrogens (tertiary/aromatic N) is 3. The summed E-state index contributed by atoms with van der Waals surface area (Å²) in [5.74, 6) is 0.530. The summed E-state index contributed by atoms with van der Waals surface area (Å²) in [5.41, 5.74) is 0.912. The molecule has 7 nitrogen and oxygen atoms in total. The van der Waals surface area contributed by atoms with Gasteiger partial charge in [0.2, 0.25) is 0 Å². The number of amides is 2. The molecule has 0 saturated heterocycles. The zero-order valence-corrected chi connectivity index (χ0v) is 12.1. The maximum Gasteiger partial charge on any atom is 0.452 e. The maximum atomic E-state index is 11.5. The van der Waals surface area contributed by atoms with Gasteiger partial charge < -0.3 is 9.15 Å². The molecule has 2 aromatic rings. The molecule has 0 spiro atoms. The van der Waals surface area contributed by atoms with E-state index in [9.17, 15) is 9.59 Å². The lowest BCUT2D eigenvalue weighted by molar-refractivity contribution is -0.118. The highest BCUT2D eigenvalue weighted by Gasteiger charge is 2.09. The van der Waals surface area contributed by atoms with Crippen molar-refractivity contribution in [3.8, 4) is 11.3 Å². The van der Waals surface area contributed by atoms with Crippen LogP contribution < -0.4 is 0 Å². The molecular formula is C15H15N3O4. The van der Waals surface area contributed by atoms with E-state index in [4.69, 9.17) is 4.42 Å². The first-order valence-corrected chi connectivity index (χ1v) is 6.80. The molecule has 0 radical (unpaired) electrons. The van der Waals surface area contributed by atoms with Crippen LogP contribution in [0.2, 0.25) is 0 Å². The largest absolute Gasteiger partial charge is 0.452 e. The first-order valence-electron chi connectivity index (χ1n) is 6.80. The molecule has 0 fully saturated rings. The van der Waals surface area contributed by atoms with E-state index < -0.39 is 12.0 Å². The molecule has 0 N–H and O–H groups in total. The Morgan fingerprint density at radius 3 is 2.73 bits per heavy atom. The van der Waals surface area contributed by atoms with Gasteiger partial charge in [-0.15, -0.1) is 5.11 Å². The Hall–Kier alpha value is -2.83. The van der Waals surface area contributed by atoms with E-state index in [1.165, 1.54) is 0 Å². The van der Waals surface area contributed by atoms with Gasteiger partial charge >= 0.3 is 6.09 Å². The van der Waals surface area contributed by atoms with E-state index in [1.807, 2.05) is 30.3 Å². The Morgan fingerprint density at radius 1 is 1.23 bits per heavy atom. The molecule has 114 valence electrons. The lowest BCUT2D eigenvalue weighted by atomic mass is 10.2. The molecule has 7 heteroatoms. The highest BCUT2D eigenvalue weighted by Crippen LogP contribution is 2.20. The van der Waals surface area contributed by atoms with Crippen LogP contribution in [0.15, 0.2) is 51.2 Å². The Balaban J connectivity index is 1.86. The fourth-order valence-corrected chi connectivity index (χ4v) is 1.67. The number of aryl methyl sites for hydroxylation is 1. The van der Waals surface area contributed by atoms with Crippen molar-refractivity contribution in [2.24, 2.45) is 10.2 Å². The lowest BCUT2D eigenvalue weighted by Crippen LogP contribution is -2.00. The van der Waals surface area contributed by atoms with Crippen molar-refractivity contribution in [3.63, 3.8) is 0 Å². The third kappa shape index (κ3) is 4.62. The number of ether oxygens (including phenoxy) is 1. The minimum atomic E-state index is -0.877. The van der Waals surface area contributed by atoms with E-state index in [1.54, 1.807) is 13.1 Å². The van der Waals surface area contributed by atoms with Crippen LogP contribution in [-0.2, 0) is 16.0 Å². The normalized spacial score (nSPS) is 10.8. The van der Waals surface area contributed by atoms with Gasteiger partial charge in [0.15, 0.2) is 11.7 Å². The second kappa shape index (κ2) is 7.82. The summed E-state index contributed by atoms with van der Waals surface area (Å²) in [6.45, 7) is 1.83. The van der Waals surface area contributed by atoms with Crippen LogP contribution in [-0.4, -0.2) is 23.6 Å². The number of carbonyl (C=O) groups is 2. The van der Waals surface area contributed by atoms with E-state index >= 15 is 0 Å². The number of hydrogen-bond donors (Lipinski definition) is 0. The average Bonchev–Trinajstić information content (AvgIpc) is 3.01. The van der Waals surface area contributed by atoms with Gasteiger partial charge in [-0.1, -0.05) is 35.4 Å². The molecule has 22 heavy (non-hydrogen) atoms. The molecule has 1 heterocycles. The molecule has 0 aliphatic carbocycles. The van der Waals surface area contributed by atoms with E-state index in [0.717, 1.165) is 5.56 Å². The van der Waals surface area contributed by atoms with Crippen molar-refractivity contribution in [3.05, 3.63) is 42.4 Å². The van der Waals surface area contributed by atoms with Gasteiger partial charge in [-0.05, 0) is 6.92 Å². The summed E-state index contributed by atoms with van der Waals surface area (Å²) in [5, 5.41) is 6.41.